The van der Waals surface area contributed by atoms with Gasteiger partial charge in [0.15, 0.2) is 11.2 Å². The lowest BCUT2D eigenvalue weighted by Gasteiger charge is -2.61. The zero-order valence-corrected chi connectivity index (χ0v) is 26.6. The van der Waals surface area contributed by atoms with Gasteiger partial charge in [0, 0.05) is 19.3 Å². The van der Waals surface area contributed by atoms with Crippen LogP contribution in [-0.4, -0.2) is 34.8 Å². The maximum absolute atomic E-state index is 12.5. The lowest BCUT2D eigenvalue weighted by Crippen LogP contribution is -2.57. The van der Waals surface area contributed by atoms with Gasteiger partial charge in [-0.2, -0.15) is 0 Å². The number of carbonyl (C=O) groups is 2. The second-order valence-corrected chi connectivity index (χ2v) is 15.0. The van der Waals surface area contributed by atoms with Gasteiger partial charge in [-0.05, 0) is 121 Å². The zero-order chi connectivity index (χ0) is 29.6. The fourth-order valence-electron chi connectivity index (χ4n) is 9.34. The summed E-state index contributed by atoms with van der Waals surface area (Å²) in [6, 6.07) is 0. The third kappa shape index (κ3) is 5.98. The van der Waals surface area contributed by atoms with E-state index in [0.717, 1.165) is 57.8 Å². The van der Waals surface area contributed by atoms with E-state index in [4.69, 9.17) is 19.2 Å². The number of fused-ring (bicyclic) bond motifs is 5. The van der Waals surface area contributed by atoms with Crippen LogP contribution in [0.2, 0.25) is 0 Å². The molecule has 4 aliphatic carbocycles. The monoisotopic (exact) mass is 558 g/mol. The minimum absolute atomic E-state index is 0.0708. The van der Waals surface area contributed by atoms with E-state index in [0.29, 0.717) is 23.7 Å². The molecule has 40 heavy (non-hydrogen) atoms. The van der Waals surface area contributed by atoms with E-state index in [9.17, 15) is 9.59 Å². The van der Waals surface area contributed by atoms with Gasteiger partial charge in [0.1, 0.15) is 6.10 Å². The molecule has 4 fully saturated rings. The van der Waals surface area contributed by atoms with Crippen LogP contribution in [0.1, 0.15) is 133 Å². The average Bonchev–Trinajstić information content (AvgIpc) is 3.13. The van der Waals surface area contributed by atoms with E-state index in [1.54, 1.807) is 0 Å². The van der Waals surface area contributed by atoms with Crippen LogP contribution < -0.4 is 0 Å². The van der Waals surface area contributed by atoms with Crippen molar-refractivity contribution < 1.29 is 28.8 Å². The summed E-state index contributed by atoms with van der Waals surface area (Å²) >= 11 is 0. The molecule has 0 aromatic heterocycles. The zero-order valence-electron chi connectivity index (χ0n) is 26.6. The Hall–Kier alpha value is -1.58. The summed E-state index contributed by atoms with van der Waals surface area (Å²) in [5.41, 5.74) is -1.98. The first-order chi connectivity index (χ1) is 18.6. The first-order valence-electron chi connectivity index (χ1n) is 15.8. The summed E-state index contributed by atoms with van der Waals surface area (Å²) in [4.78, 5) is 35.8. The highest BCUT2D eigenvalue weighted by atomic mass is 17.2. The molecule has 8 atom stereocenters. The molecule has 0 radical (unpaired) electrons. The minimum atomic E-state index is -0.837. The van der Waals surface area contributed by atoms with Crippen LogP contribution in [0.4, 0.5) is 0 Å². The molecular formula is C34H54O6. The van der Waals surface area contributed by atoms with Crippen molar-refractivity contribution in [1.29, 1.82) is 0 Å². The summed E-state index contributed by atoms with van der Waals surface area (Å²) < 4.78 is 11.9. The largest absolute Gasteiger partial charge is 0.463 e. The van der Waals surface area contributed by atoms with Crippen LogP contribution in [-0.2, 0) is 28.8 Å². The molecule has 226 valence electrons. The minimum Gasteiger partial charge on any atom is -0.463 e. The number of carbonyl (C=O) groups excluding carboxylic acids is 2. The van der Waals surface area contributed by atoms with Crippen molar-refractivity contribution in [2.45, 2.75) is 156 Å². The quantitative estimate of drug-likeness (QED) is 0.139. The van der Waals surface area contributed by atoms with Crippen molar-refractivity contribution in [1.82, 2.24) is 0 Å². The molecule has 0 aromatic rings. The topological polar surface area (TPSA) is 71.1 Å². The van der Waals surface area contributed by atoms with Crippen molar-refractivity contribution in [2.24, 2.45) is 34.5 Å². The third-order valence-corrected chi connectivity index (χ3v) is 11.3. The molecule has 6 heteroatoms. The van der Waals surface area contributed by atoms with Crippen LogP contribution in [0.3, 0.4) is 0 Å². The van der Waals surface area contributed by atoms with Gasteiger partial charge in [-0.15, -0.1) is 0 Å². The number of rotatable bonds is 7. The van der Waals surface area contributed by atoms with Gasteiger partial charge in [-0.1, -0.05) is 39.0 Å². The molecule has 0 N–H and O–H groups in total. The number of ether oxygens (including phenoxy) is 2. The maximum Gasteiger partial charge on any atom is 0.304 e. The Labute approximate surface area is 242 Å². The van der Waals surface area contributed by atoms with Gasteiger partial charge in [0.2, 0.25) is 0 Å². The summed E-state index contributed by atoms with van der Waals surface area (Å²) in [5.74, 6) is 8.76. The molecule has 0 unspecified atom stereocenters. The van der Waals surface area contributed by atoms with E-state index in [1.807, 2.05) is 27.7 Å². The Bertz CT molecular complexity index is 1020. The molecule has 4 saturated carbocycles. The van der Waals surface area contributed by atoms with Crippen molar-refractivity contribution in [2.75, 3.05) is 0 Å². The van der Waals surface area contributed by atoms with Gasteiger partial charge in [-0.25, -0.2) is 9.78 Å². The fourth-order valence-corrected chi connectivity index (χ4v) is 9.34. The molecule has 0 heterocycles. The average molecular weight is 559 g/mol. The molecule has 0 aromatic carbocycles. The Morgan fingerprint density at radius 2 is 1.57 bits per heavy atom. The third-order valence-electron chi connectivity index (χ3n) is 11.3. The van der Waals surface area contributed by atoms with Crippen molar-refractivity contribution in [3.63, 3.8) is 0 Å². The van der Waals surface area contributed by atoms with Crippen LogP contribution in [0, 0.1) is 46.3 Å². The van der Waals surface area contributed by atoms with Crippen molar-refractivity contribution in [3.05, 3.63) is 0 Å². The number of hydrogen-bond donors (Lipinski definition) is 0. The Morgan fingerprint density at radius 3 is 2.23 bits per heavy atom. The predicted molar refractivity (Wildman–Crippen MR) is 155 cm³/mol. The molecule has 0 spiro atoms. The smallest absolute Gasteiger partial charge is 0.304 e. The maximum atomic E-state index is 12.5. The van der Waals surface area contributed by atoms with Gasteiger partial charge in [-0.3, -0.25) is 9.59 Å². The Balaban J connectivity index is 1.56. The van der Waals surface area contributed by atoms with Gasteiger partial charge >= 0.3 is 11.9 Å². The van der Waals surface area contributed by atoms with Crippen LogP contribution >= 0.6 is 0 Å². The van der Waals surface area contributed by atoms with Crippen LogP contribution in [0.15, 0.2) is 0 Å². The van der Waals surface area contributed by atoms with Gasteiger partial charge in [0.25, 0.3) is 0 Å². The normalized spacial score (nSPS) is 39.2. The summed E-state index contributed by atoms with van der Waals surface area (Å²) in [6.45, 7) is 17.9. The van der Waals surface area contributed by atoms with E-state index < -0.39 is 16.8 Å². The van der Waals surface area contributed by atoms with Gasteiger partial charge in [0.05, 0.1) is 5.60 Å². The van der Waals surface area contributed by atoms with Crippen LogP contribution in [0.5, 0.6) is 0 Å². The van der Waals surface area contributed by atoms with Crippen LogP contribution in [0.25, 0.3) is 0 Å². The summed E-state index contributed by atoms with van der Waals surface area (Å²) in [7, 11) is 0. The molecule has 0 bridgehead atoms. The van der Waals surface area contributed by atoms with Gasteiger partial charge < -0.3 is 9.47 Å². The predicted octanol–water partition coefficient (Wildman–Crippen LogP) is 7.57. The van der Waals surface area contributed by atoms with Crippen molar-refractivity contribution >= 4 is 11.9 Å². The van der Waals surface area contributed by atoms with E-state index >= 15 is 0 Å². The molecule has 0 saturated heterocycles. The molecule has 4 rings (SSSR count). The molecule has 4 aliphatic rings. The van der Waals surface area contributed by atoms with Crippen molar-refractivity contribution in [3.8, 4) is 11.8 Å². The molecular weight excluding hydrogens is 504 g/mol. The lowest BCUT2D eigenvalue weighted by atomic mass is 9.44. The lowest BCUT2D eigenvalue weighted by molar-refractivity contribution is -0.389. The molecule has 0 amide bonds. The second-order valence-electron chi connectivity index (χ2n) is 15.0. The highest BCUT2D eigenvalue weighted by Gasteiger charge is 2.66. The highest BCUT2D eigenvalue weighted by molar-refractivity contribution is 5.67. The Morgan fingerprint density at radius 1 is 0.875 bits per heavy atom. The second kappa shape index (κ2) is 11.3. The Kier molecular flexibility index (Phi) is 8.82. The fraction of sp³-hybridized carbons (Fsp3) is 0.882. The SMILES string of the molecule is CCCC(C)(C)OOC(C)(C)C#C[C@]1(OC(C)=O)CC[C@@H]2[C@@H]3CC[C@H]4C[C@H](OC(C)=O)CC[C@]4(C)[C@@H]3CC[C@@]21C. The summed E-state index contributed by atoms with van der Waals surface area (Å²) in [5, 5.41) is 0. The molecule has 6 nitrogen and oxygen atoms in total. The number of esters is 2. The standard InChI is InChI=1S/C34H54O6/c1-10-16-30(4,5)39-40-31(6,7)20-21-34(38-24(3)36)19-15-29-27-12-11-25-22-26(37-23(2)35)13-17-32(25,8)28(27)14-18-33(29,34)9/h25-29H,10-19,22H2,1-9H3/t25-,26+,27+,28+,29+,32-,33-,34+/m0/s1. The van der Waals surface area contributed by atoms with E-state index in [-0.39, 0.29) is 28.9 Å². The van der Waals surface area contributed by atoms with E-state index in [2.05, 4.69) is 32.6 Å². The van der Waals surface area contributed by atoms with E-state index in [1.165, 1.54) is 26.7 Å². The summed E-state index contributed by atoms with van der Waals surface area (Å²) in [6.07, 6.45) is 11.3. The number of hydrogen-bond acceptors (Lipinski definition) is 6. The molecule has 0 aliphatic heterocycles. The first kappa shape index (κ1) is 31.4. The first-order valence-corrected chi connectivity index (χ1v) is 15.8. The highest BCUT2D eigenvalue weighted by Crippen LogP contribution is 2.69.